The fraction of sp³-hybridized carbons (Fsp3) is 0. The number of hydrogen-bond acceptors (Lipinski definition) is 4. The van der Waals surface area contributed by atoms with Gasteiger partial charge in [0.05, 0.1) is 22.4 Å². The van der Waals surface area contributed by atoms with Crippen LogP contribution in [0.3, 0.4) is 0 Å². The topological polar surface area (TPSA) is 56.7 Å². The largest absolute Gasteiger partial charge is 0.501 e. The zero-order valence-corrected chi connectivity index (χ0v) is 26.3. The predicted octanol–water partition coefficient (Wildman–Crippen LogP) is 9.49. The fourth-order valence-corrected chi connectivity index (χ4v) is 5.53. The number of para-hydroxylation sites is 3. The van der Waals surface area contributed by atoms with Gasteiger partial charge in [0.15, 0.2) is 5.65 Å². The number of rotatable bonds is 3. The third-order valence-electron chi connectivity index (χ3n) is 7.56. The molecule has 0 spiro atoms. The number of imidazole rings is 1. The molecule has 0 aliphatic rings. The summed E-state index contributed by atoms with van der Waals surface area (Å²) < 4.78 is 8.39. The number of furan rings is 1. The molecule has 6 heteroatoms. The maximum absolute atomic E-state index is 6.30. The quantitative estimate of drug-likeness (QED) is 0.169. The SMILES string of the molecule is [Ir].[c-]1ccc2c(oc3ccccc32)c1-c1nc2cc3ccccc3nc2n1-c1ccccc1.[c-]1ccccc1-c1ccccn1. The van der Waals surface area contributed by atoms with Crippen LogP contribution in [0.25, 0.3) is 72.3 Å². The summed E-state index contributed by atoms with van der Waals surface area (Å²) >= 11 is 0. The van der Waals surface area contributed by atoms with E-state index < -0.39 is 0 Å². The minimum Gasteiger partial charge on any atom is -0.501 e. The van der Waals surface area contributed by atoms with Crippen LogP contribution in [0, 0.1) is 12.1 Å². The second-order valence-electron chi connectivity index (χ2n) is 10.3. The van der Waals surface area contributed by atoms with Crippen LogP contribution in [0.5, 0.6) is 0 Å². The van der Waals surface area contributed by atoms with E-state index in [0.29, 0.717) is 0 Å². The first kappa shape index (κ1) is 28.4. The van der Waals surface area contributed by atoms with Crippen LogP contribution in [-0.4, -0.2) is 19.5 Å². The monoisotopic (exact) mass is 757 g/mol. The number of hydrogen-bond donors (Lipinski definition) is 0. The molecule has 0 amide bonds. The second kappa shape index (κ2) is 12.3. The van der Waals surface area contributed by atoms with E-state index in [1.165, 1.54) is 0 Å². The van der Waals surface area contributed by atoms with Crippen molar-refractivity contribution in [3.05, 3.63) is 158 Å². The molecule has 217 valence electrons. The minimum absolute atomic E-state index is 0. The molecule has 0 aliphatic carbocycles. The number of nitrogens with zero attached hydrogens (tertiary/aromatic N) is 4. The molecule has 0 N–H and O–H groups in total. The van der Waals surface area contributed by atoms with Gasteiger partial charge in [-0.15, -0.1) is 54.1 Å². The Morgan fingerprint density at radius 2 is 1.42 bits per heavy atom. The Morgan fingerprint density at radius 1 is 0.622 bits per heavy atom. The van der Waals surface area contributed by atoms with Crippen LogP contribution >= 0.6 is 0 Å². The molecule has 0 fully saturated rings. The Morgan fingerprint density at radius 3 is 2.27 bits per heavy atom. The molecule has 5 nitrogen and oxygen atoms in total. The van der Waals surface area contributed by atoms with E-state index in [-0.39, 0.29) is 20.1 Å². The summed E-state index contributed by atoms with van der Waals surface area (Å²) in [5.74, 6) is 0.763. The maximum Gasteiger partial charge on any atom is 0.156 e. The van der Waals surface area contributed by atoms with Crippen molar-refractivity contribution in [2.24, 2.45) is 0 Å². The summed E-state index contributed by atoms with van der Waals surface area (Å²) in [5.41, 5.74) is 8.06. The third kappa shape index (κ3) is 5.31. The first-order valence-electron chi connectivity index (χ1n) is 14.4. The van der Waals surface area contributed by atoms with E-state index in [4.69, 9.17) is 14.4 Å². The van der Waals surface area contributed by atoms with Crippen LogP contribution in [0.4, 0.5) is 0 Å². The average molecular weight is 757 g/mol. The van der Waals surface area contributed by atoms with Gasteiger partial charge in [0.1, 0.15) is 5.58 Å². The summed E-state index contributed by atoms with van der Waals surface area (Å²) in [4.78, 5) is 14.2. The molecular weight excluding hydrogens is 733 g/mol. The van der Waals surface area contributed by atoms with Crippen molar-refractivity contribution in [2.45, 2.75) is 0 Å². The van der Waals surface area contributed by atoms with Gasteiger partial charge in [-0.3, -0.25) is 4.98 Å². The molecule has 4 heterocycles. The fourth-order valence-electron chi connectivity index (χ4n) is 5.53. The molecule has 0 bridgehead atoms. The molecule has 0 saturated heterocycles. The molecule has 45 heavy (non-hydrogen) atoms. The van der Waals surface area contributed by atoms with Gasteiger partial charge in [-0.1, -0.05) is 77.7 Å². The van der Waals surface area contributed by atoms with E-state index in [1.807, 2.05) is 109 Å². The van der Waals surface area contributed by atoms with E-state index in [9.17, 15) is 0 Å². The molecule has 0 aliphatic heterocycles. The van der Waals surface area contributed by atoms with Gasteiger partial charge in [0, 0.05) is 42.8 Å². The second-order valence-corrected chi connectivity index (χ2v) is 10.3. The van der Waals surface area contributed by atoms with E-state index >= 15 is 0 Å². The van der Waals surface area contributed by atoms with Gasteiger partial charge >= 0.3 is 0 Å². The Bertz CT molecular complexity index is 2350. The van der Waals surface area contributed by atoms with Gasteiger partial charge in [0.2, 0.25) is 0 Å². The first-order valence-corrected chi connectivity index (χ1v) is 14.4. The summed E-state index contributed by atoms with van der Waals surface area (Å²) in [6.45, 7) is 0. The van der Waals surface area contributed by atoms with Gasteiger partial charge < -0.3 is 14.0 Å². The standard InChI is InChI=1S/C28H16N3O.C11H8N.Ir/c1-2-10-19(11-3-1)31-27(30-24-17-18-9-4-6-15-23(18)29-28(24)31)22-14-8-13-21-20-12-5-7-16-25(20)32-26(21)22;1-2-6-10(7-3-1)11-8-4-5-9-12-11;/h1-13,15-17H;1-6,8-9H;/q2*-1;. The van der Waals surface area contributed by atoms with Crippen LogP contribution < -0.4 is 0 Å². The smallest absolute Gasteiger partial charge is 0.156 e. The Labute approximate surface area is 273 Å². The van der Waals surface area contributed by atoms with Crippen LogP contribution in [-0.2, 0) is 20.1 Å². The number of benzene rings is 5. The van der Waals surface area contributed by atoms with Crippen molar-refractivity contribution in [1.29, 1.82) is 0 Å². The molecule has 5 aromatic carbocycles. The summed E-state index contributed by atoms with van der Waals surface area (Å²) in [7, 11) is 0. The van der Waals surface area contributed by atoms with Crippen molar-refractivity contribution in [2.75, 3.05) is 0 Å². The molecule has 4 aromatic heterocycles. The normalized spacial score (nSPS) is 10.9. The van der Waals surface area contributed by atoms with Crippen LogP contribution in [0.15, 0.2) is 150 Å². The van der Waals surface area contributed by atoms with Gasteiger partial charge in [-0.25, -0.2) is 4.98 Å². The van der Waals surface area contributed by atoms with Crippen LogP contribution in [0.2, 0.25) is 0 Å². The Hall–Kier alpha value is -5.42. The van der Waals surface area contributed by atoms with Crippen molar-refractivity contribution >= 4 is 44.0 Å². The number of aromatic nitrogens is 4. The minimum atomic E-state index is 0. The molecule has 0 atom stereocenters. The summed E-state index contributed by atoms with van der Waals surface area (Å²) in [6, 6.07) is 52.7. The van der Waals surface area contributed by atoms with Crippen LogP contribution in [0.1, 0.15) is 0 Å². The third-order valence-corrected chi connectivity index (χ3v) is 7.56. The summed E-state index contributed by atoms with van der Waals surface area (Å²) in [5, 5.41) is 3.21. The molecule has 0 unspecified atom stereocenters. The van der Waals surface area contributed by atoms with Gasteiger partial charge in [-0.05, 0) is 42.1 Å². The summed E-state index contributed by atoms with van der Waals surface area (Å²) in [6.07, 6.45) is 1.79. The Balaban J connectivity index is 0.000000211. The Kier molecular flexibility index (Phi) is 7.74. The van der Waals surface area contributed by atoms with E-state index in [0.717, 1.165) is 72.3 Å². The molecular formula is C39H24IrN4O-2. The van der Waals surface area contributed by atoms with Crippen molar-refractivity contribution in [3.63, 3.8) is 0 Å². The van der Waals surface area contributed by atoms with E-state index in [1.54, 1.807) is 6.20 Å². The van der Waals surface area contributed by atoms with Gasteiger partial charge in [-0.2, -0.15) is 0 Å². The van der Waals surface area contributed by atoms with Crippen molar-refractivity contribution in [1.82, 2.24) is 19.5 Å². The predicted molar refractivity (Wildman–Crippen MR) is 176 cm³/mol. The number of fused-ring (bicyclic) bond motifs is 5. The van der Waals surface area contributed by atoms with Crippen molar-refractivity contribution in [3.8, 4) is 28.3 Å². The molecule has 9 aromatic rings. The maximum atomic E-state index is 6.30. The zero-order chi connectivity index (χ0) is 29.3. The van der Waals surface area contributed by atoms with E-state index in [2.05, 4.69) is 52.0 Å². The zero-order valence-electron chi connectivity index (χ0n) is 23.9. The average Bonchev–Trinajstić information content (AvgIpc) is 3.67. The molecule has 9 rings (SSSR count). The number of pyridine rings is 2. The van der Waals surface area contributed by atoms with Gasteiger partial charge in [0.25, 0.3) is 0 Å². The first-order chi connectivity index (χ1) is 21.8. The van der Waals surface area contributed by atoms with Crippen molar-refractivity contribution < 1.29 is 24.5 Å². The molecule has 0 saturated carbocycles. The molecule has 1 radical (unpaired) electrons.